The Morgan fingerprint density at radius 1 is 1.54 bits per heavy atom. The van der Waals surface area contributed by atoms with Crippen molar-refractivity contribution in [3.8, 4) is 0 Å². The van der Waals surface area contributed by atoms with E-state index in [2.05, 4.69) is 24.0 Å². The maximum atomic E-state index is 5.45. The molecule has 1 fully saturated rings. The standard InChI is InChI=1S/C9H15N3S/c1-9(2)5-6(9)8-12-11-7(13-8)3-4-10/h6H,3-5,10H2,1-2H3. The molecule has 1 heterocycles. The first-order chi connectivity index (χ1) is 6.13. The van der Waals surface area contributed by atoms with Crippen LogP contribution in [-0.2, 0) is 6.42 Å². The molecule has 13 heavy (non-hydrogen) atoms. The average molecular weight is 197 g/mol. The third-order valence-corrected chi connectivity index (χ3v) is 3.75. The molecule has 1 aliphatic carbocycles. The summed E-state index contributed by atoms with van der Waals surface area (Å²) in [5.74, 6) is 0.650. The lowest BCUT2D eigenvalue weighted by molar-refractivity contribution is 0.618. The summed E-state index contributed by atoms with van der Waals surface area (Å²) < 4.78 is 0. The van der Waals surface area contributed by atoms with E-state index in [4.69, 9.17) is 5.73 Å². The summed E-state index contributed by atoms with van der Waals surface area (Å²) in [7, 11) is 0. The second-order valence-corrected chi connectivity index (χ2v) is 5.41. The average Bonchev–Trinajstić information content (AvgIpc) is 2.52. The zero-order valence-corrected chi connectivity index (χ0v) is 8.90. The highest BCUT2D eigenvalue weighted by molar-refractivity contribution is 7.11. The lowest BCUT2D eigenvalue weighted by Gasteiger charge is -1.96. The minimum Gasteiger partial charge on any atom is -0.330 e. The predicted molar refractivity (Wildman–Crippen MR) is 53.8 cm³/mol. The van der Waals surface area contributed by atoms with Crippen LogP contribution in [0.15, 0.2) is 0 Å². The molecule has 1 unspecified atom stereocenters. The van der Waals surface area contributed by atoms with E-state index in [0.29, 0.717) is 17.9 Å². The highest BCUT2D eigenvalue weighted by Gasteiger charge is 2.48. The van der Waals surface area contributed by atoms with Gasteiger partial charge in [-0.3, -0.25) is 0 Å². The first kappa shape index (κ1) is 9.09. The first-order valence-electron chi connectivity index (χ1n) is 4.66. The lowest BCUT2D eigenvalue weighted by Crippen LogP contribution is -2.01. The molecule has 3 nitrogen and oxygen atoms in total. The van der Waals surface area contributed by atoms with Gasteiger partial charge in [-0.15, -0.1) is 21.5 Å². The Morgan fingerprint density at radius 2 is 2.23 bits per heavy atom. The van der Waals surface area contributed by atoms with Crippen molar-refractivity contribution in [2.45, 2.75) is 32.6 Å². The van der Waals surface area contributed by atoms with Crippen LogP contribution in [0.25, 0.3) is 0 Å². The Balaban J connectivity index is 2.07. The van der Waals surface area contributed by atoms with E-state index >= 15 is 0 Å². The zero-order valence-electron chi connectivity index (χ0n) is 8.08. The number of nitrogens with two attached hydrogens (primary N) is 1. The van der Waals surface area contributed by atoms with Crippen LogP contribution in [0, 0.1) is 5.41 Å². The van der Waals surface area contributed by atoms with Crippen LogP contribution >= 0.6 is 11.3 Å². The van der Waals surface area contributed by atoms with Crippen LogP contribution in [0.5, 0.6) is 0 Å². The molecule has 0 amide bonds. The molecule has 0 aromatic carbocycles. The normalized spacial score (nSPS) is 24.7. The van der Waals surface area contributed by atoms with Crippen molar-refractivity contribution in [2.75, 3.05) is 6.54 Å². The fraction of sp³-hybridized carbons (Fsp3) is 0.778. The summed E-state index contributed by atoms with van der Waals surface area (Å²) in [6.45, 7) is 5.23. The highest BCUT2D eigenvalue weighted by atomic mass is 32.1. The van der Waals surface area contributed by atoms with Crippen LogP contribution in [-0.4, -0.2) is 16.7 Å². The predicted octanol–water partition coefficient (Wildman–Crippen LogP) is 1.55. The Labute approximate surface area is 82.4 Å². The maximum Gasteiger partial charge on any atom is 0.121 e. The van der Waals surface area contributed by atoms with Crippen LogP contribution in [0.1, 0.15) is 36.2 Å². The molecular formula is C9H15N3S. The van der Waals surface area contributed by atoms with Crippen molar-refractivity contribution in [1.82, 2.24) is 10.2 Å². The molecule has 1 aliphatic rings. The fourth-order valence-corrected chi connectivity index (χ4v) is 2.69. The summed E-state index contributed by atoms with van der Waals surface area (Å²) in [4.78, 5) is 0. The summed E-state index contributed by atoms with van der Waals surface area (Å²) in [6, 6.07) is 0. The molecule has 0 spiro atoms. The van der Waals surface area contributed by atoms with E-state index in [1.54, 1.807) is 11.3 Å². The van der Waals surface area contributed by atoms with Crippen molar-refractivity contribution >= 4 is 11.3 Å². The number of hydrogen-bond acceptors (Lipinski definition) is 4. The van der Waals surface area contributed by atoms with Crippen LogP contribution in [0.3, 0.4) is 0 Å². The lowest BCUT2D eigenvalue weighted by atomic mass is 10.1. The van der Waals surface area contributed by atoms with E-state index < -0.39 is 0 Å². The zero-order chi connectivity index (χ0) is 9.47. The Hall–Kier alpha value is -0.480. The molecule has 1 saturated carbocycles. The molecule has 1 aromatic rings. The quantitative estimate of drug-likeness (QED) is 0.800. The second kappa shape index (κ2) is 3.03. The molecular weight excluding hydrogens is 182 g/mol. The van der Waals surface area contributed by atoms with E-state index in [9.17, 15) is 0 Å². The molecule has 0 bridgehead atoms. The number of nitrogens with zero attached hydrogens (tertiary/aromatic N) is 2. The molecule has 0 aliphatic heterocycles. The van der Waals surface area contributed by atoms with Gasteiger partial charge in [0.05, 0.1) is 0 Å². The Kier molecular flexibility index (Phi) is 2.12. The molecule has 2 rings (SSSR count). The van der Waals surface area contributed by atoms with Crippen molar-refractivity contribution in [3.63, 3.8) is 0 Å². The van der Waals surface area contributed by atoms with Gasteiger partial charge in [-0.2, -0.15) is 0 Å². The molecule has 2 N–H and O–H groups in total. The third-order valence-electron chi connectivity index (χ3n) is 2.65. The Morgan fingerprint density at radius 3 is 2.77 bits per heavy atom. The van der Waals surface area contributed by atoms with Gasteiger partial charge in [-0.1, -0.05) is 13.8 Å². The van der Waals surface area contributed by atoms with Crippen molar-refractivity contribution < 1.29 is 0 Å². The van der Waals surface area contributed by atoms with Gasteiger partial charge in [0.15, 0.2) is 0 Å². The summed E-state index contributed by atoms with van der Waals surface area (Å²) >= 11 is 1.73. The smallest absolute Gasteiger partial charge is 0.121 e. The van der Waals surface area contributed by atoms with Gasteiger partial charge in [0, 0.05) is 12.3 Å². The fourth-order valence-electron chi connectivity index (χ4n) is 1.52. The number of aromatic nitrogens is 2. The van der Waals surface area contributed by atoms with Gasteiger partial charge >= 0.3 is 0 Å². The third kappa shape index (κ3) is 1.74. The number of rotatable bonds is 3. The van der Waals surface area contributed by atoms with Crippen LogP contribution in [0.4, 0.5) is 0 Å². The van der Waals surface area contributed by atoms with E-state index in [0.717, 1.165) is 11.4 Å². The molecule has 0 saturated heterocycles. The second-order valence-electron chi connectivity index (χ2n) is 4.32. The minimum atomic E-state index is 0.458. The largest absolute Gasteiger partial charge is 0.330 e. The van der Waals surface area contributed by atoms with Crippen LogP contribution < -0.4 is 5.73 Å². The molecule has 1 atom stereocenters. The van der Waals surface area contributed by atoms with Gasteiger partial charge in [-0.05, 0) is 18.4 Å². The van der Waals surface area contributed by atoms with E-state index in [1.165, 1.54) is 11.4 Å². The van der Waals surface area contributed by atoms with Gasteiger partial charge in [-0.25, -0.2) is 0 Å². The molecule has 4 heteroatoms. The Bertz CT molecular complexity index is 306. The van der Waals surface area contributed by atoms with E-state index in [1.807, 2.05) is 0 Å². The van der Waals surface area contributed by atoms with Gasteiger partial charge in [0.1, 0.15) is 10.0 Å². The topological polar surface area (TPSA) is 51.8 Å². The SMILES string of the molecule is CC1(C)CC1c1nnc(CCN)s1. The van der Waals surface area contributed by atoms with Crippen molar-refractivity contribution in [2.24, 2.45) is 11.1 Å². The molecule has 0 radical (unpaired) electrons. The summed E-state index contributed by atoms with van der Waals surface area (Å²) in [6.07, 6.45) is 2.12. The van der Waals surface area contributed by atoms with Gasteiger partial charge in [0.25, 0.3) is 0 Å². The van der Waals surface area contributed by atoms with Crippen LogP contribution in [0.2, 0.25) is 0 Å². The minimum absolute atomic E-state index is 0.458. The van der Waals surface area contributed by atoms with Gasteiger partial charge in [0.2, 0.25) is 0 Å². The molecule has 1 aromatic heterocycles. The monoisotopic (exact) mass is 197 g/mol. The van der Waals surface area contributed by atoms with E-state index in [-0.39, 0.29) is 0 Å². The van der Waals surface area contributed by atoms with Crippen molar-refractivity contribution in [3.05, 3.63) is 10.0 Å². The maximum absolute atomic E-state index is 5.45. The summed E-state index contributed by atoms with van der Waals surface area (Å²) in [5, 5.41) is 10.6. The van der Waals surface area contributed by atoms with Gasteiger partial charge < -0.3 is 5.73 Å². The summed E-state index contributed by atoms with van der Waals surface area (Å²) in [5.41, 5.74) is 5.91. The number of hydrogen-bond donors (Lipinski definition) is 1. The molecule has 72 valence electrons. The van der Waals surface area contributed by atoms with Crippen molar-refractivity contribution in [1.29, 1.82) is 0 Å². The first-order valence-corrected chi connectivity index (χ1v) is 5.47. The highest BCUT2D eigenvalue weighted by Crippen LogP contribution is 2.58.